The Balaban J connectivity index is 1.94. The van der Waals surface area contributed by atoms with E-state index in [2.05, 4.69) is 30.6 Å². The van der Waals surface area contributed by atoms with Crippen LogP contribution in [-0.4, -0.2) is 54.6 Å². The smallest absolute Gasteiger partial charge is 0.0224 e. The first kappa shape index (κ1) is 12.3. The maximum atomic E-state index is 5.84. The molecule has 2 heterocycles. The molecule has 2 fully saturated rings. The van der Waals surface area contributed by atoms with Crippen molar-refractivity contribution < 1.29 is 0 Å². The maximum absolute atomic E-state index is 5.84. The summed E-state index contributed by atoms with van der Waals surface area (Å²) in [4.78, 5) is 5.33. The van der Waals surface area contributed by atoms with E-state index in [9.17, 15) is 0 Å². The Kier molecular flexibility index (Phi) is 3.57. The summed E-state index contributed by atoms with van der Waals surface area (Å²) in [5.41, 5.74) is 6.10. The average molecular weight is 225 g/mol. The Labute approximate surface area is 100.0 Å². The number of hydrogen-bond acceptors (Lipinski definition) is 3. The second-order valence-corrected chi connectivity index (χ2v) is 6.44. The van der Waals surface area contributed by atoms with Gasteiger partial charge in [0.05, 0.1) is 0 Å². The molecule has 2 aliphatic rings. The van der Waals surface area contributed by atoms with E-state index in [4.69, 9.17) is 5.73 Å². The molecule has 0 aliphatic carbocycles. The minimum absolute atomic E-state index is 0.259. The SMILES string of the molecule is CC1CN2CCCC2CN1CC(C)(C)CN. The van der Waals surface area contributed by atoms with Crippen molar-refractivity contribution in [2.75, 3.05) is 32.7 Å². The summed E-state index contributed by atoms with van der Waals surface area (Å²) in [5, 5.41) is 0. The highest BCUT2D eigenvalue weighted by Gasteiger charge is 2.35. The summed E-state index contributed by atoms with van der Waals surface area (Å²) >= 11 is 0. The highest BCUT2D eigenvalue weighted by Crippen LogP contribution is 2.27. The van der Waals surface area contributed by atoms with Crippen LogP contribution in [0.1, 0.15) is 33.6 Å². The van der Waals surface area contributed by atoms with Crippen LogP contribution in [0.2, 0.25) is 0 Å². The zero-order chi connectivity index (χ0) is 11.8. The topological polar surface area (TPSA) is 32.5 Å². The summed E-state index contributed by atoms with van der Waals surface area (Å²) in [5.74, 6) is 0. The van der Waals surface area contributed by atoms with Crippen LogP contribution in [0.5, 0.6) is 0 Å². The largest absolute Gasteiger partial charge is 0.330 e. The molecular weight excluding hydrogens is 198 g/mol. The van der Waals surface area contributed by atoms with Gasteiger partial charge in [-0.25, -0.2) is 0 Å². The molecule has 0 aromatic carbocycles. The van der Waals surface area contributed by atoms with Gasteiger partial charge in [-0.1, -0.05) is 13.8 Å². The third kappa shape index (κ3) is 2.58. The maximum Gasteiger partial charge on any atom is 0.0224 e. The Morgan fingerprint density at radius 2 is 2.06 bits per heavy atom. The van der Waals surface area contributed by atoms with Crippen LogP contribution < -0.4 is 5.73 Å². The molecule has 2 N–H and O–H groups in total. The standard InChI is InChI=1S/C13H27N3/c1-11-7-15-6-4-5-12(15)8-16(11)10-13(2,3)9-14/h11-12H,4-10,14H2,1-3H3. The van der Waals surface area contributed by atoms with Gasteiger partial charge in [-0.05, 0) is 38.3 Å². The Morgan fingerprint density at radius 1 is 1.31 bits per heavy atom. The van der Waals surface area contributed by atoms with Gasteiger partial charge in [0.2, 0.25) is 0 Å². The molecule has 0 bridgehead atoms. The highest BCUT2D eigenvalue weighted by molar-refractivity contribution is 4.92. The molecule has 0 aromatic rings. The fraction of sp³-hybridized carbons (Fsp3) is 1.00. The van der Waals surface area contributed by atoms with Crippen LogP contribution in [0.3, 0.4) is 0 Å². The van der Waals surface area contributed by atoms with E-state index < -0.39 is 0 Å². The number of fused-ring (bicyclic) bond motifs is 1. The molecule has 2 unspecified atom stereocenters. The van der Waals surface area contributed by atoms with Gasteiger partial charge in [0.1, 0.15) is 0 Å². The van der Waals surface area contributed by atoms with Gasteiger partial charge in [-0.2, -0.15) is 0 Å². The molecule has 2 rings (SSSR count). The molecule has 0 amide bonds. The lowest BCUT2D eigenvalue weighted by molar-refractivity contribution is 0.0353. The molecule has 2 atom stereocenters. The summed E-state index contributed by atoms with van der Waals surface area (Å²) in [6.45, 7) is 12.7. The summed E-state index contributed by atoms with van der Waals surface area (Å²) < 4.78 is 0. The van der Waals surface area contributed by atoms with Gasteiger partial charge < -0.3 is 5.73 Å². The first-order chi connectivity index (χ1) is 7.52. The van der Waals surface area contributed by atoms with Crippen LogP contribution in [-0.2, 0) is 0 Å². The first-order valence-corrected chi connectivity index (χ1v) is 6.70. The number of hydrogen-bond donors (Lipinski definition) is 1. The minimum Gasteiger partial charge on any atom is -0.330 e. The predicted molar refractivity (Wildman–Crippen MR) is 68.5 cm³/mol. The number of piperazine rings is 1. The molecular formula is C13H27N3. The Morgan fingerprint density at radius 3 is 2.75 bits per heavy atom. The molecule has 2 aliphatic heterocycles. The van der Waals surface area contributed by atoms with E-state index in [1.54, 1.807) is 0 Å². The van der Waals surface area contributed by atoms with Crippen LogP contribution in [0.4, 0.5) is 0 Å². The lowest BCUT2D eigenvalue weighted by atomic mass is 9.91. The number of nitrogens with zero attached hydrogens (tertiary/aromatic N) is 2. The van der Waals surface area contributed by atoms with Gasteiger partial charge in [0.15, 0.2) is 0 Å². The van der Waals surface area contributed by atoms with E-state index in [0.29, 0.717) is 6.04 Å². The third-order valence-electron chi connectivity index (χ3n) is 4.25. The van der Waals surface area contributed by atoms with Gasteiger partial charge in [-0.15, -0.1) is 0 Å². The highest BCUT2D eigenvalue weighted by atomic mass is 15.3. The normalized spacial score (nSPS) is 33.0. The molecule has 94 valence electrons. The van der Waals surface area contributed by atoms with Crippen molar-refractivity contribution >= 4 is 0 Å². The van der Waals surface area contributed by atoms with Crippen molar-refractivity contribution in [1.29, 1.82) is 0 Å². The van der Waals surface area contributed by atoms with Crippen molar-refractivity contribution in [3.8, 4) is 0 Å². The van der Waals surface area contributed by atoms with Gasteiger partial charge >= 0.3 is 0 Å². The predicted octanol–water partition coefficient (Wildman–Crippen LogP) is 1.14. The average Bonchev–Trinajstić information content (AvgIpc) is 2.65. The van der Waals surface area contributed by atoms with Crippen molar-refractivity contribution in [3.05, 3.63) is 0 Å². The van der Waals surface area contributed by atoms with E-state index in [1.807, 2.05) is 0 Å². The molecule has 3 heteroatoms. The van der Waals surface area contributed by atoms with Crippen LogP contribution >= 0.6 is 0 Å². The van der Waals surface area contributed by atoms with Crippen LogP contribution in [0, 0.1) is 5.41 Å². The lowest BCUT2D eigenvalue weighted by Crippen LogP contribution is -2.57. The van der Waals surface area contributed by atoms with Gasteiger partial charge in [0, 0.05) is 31.7 Å². The van der Waals surface area contributed by atoms with Gasteiger partial charge in [-0.3, -0.25) is 9.80 Å². The van der Waals surface area contributed by atoms with E-state index in [0.717, 1.165) is 19.1 Å². The monoisotopic (exact) mass is 225 g/mol. The first-order valence-electron chi connectivity index (χ1n) is 6.70. The van der Waals surface area contributed by atoms with Crippen molar-refractivity contribution in [1.82, 2.24) is 9.80 Å². The summed E-state index contributed by atoms with van der Waals surface area (Å²) in [6, 6.07) is 1.52. The Bertz CT molecular complexity index is 239. The van der Waals surface area contributed by atoms with E-state index in [1.165, 1.54) is 32.5 Å². The molecule has 0 radical (unpaired) electrons. The second kappa shape index (κ2) is 4.63. The van der Waals surface area contributed by atoms with Crippen molar-refractivity contribution in [2.45, 2.75) is 45.7 Å². The number of nitrogens with two attached hydrogens (primary N) is 1. The lowest BCUT2D eigenvalue weighted by Gasteiger charge is -2.45. The minimum atomic E-state index is 0.259. The zero-order valence-corrected chi connectivity index (χ0v) is 11.1. The van der Waals surface area contributed by atoms with Crippen LogP contribution in [0.15, 0.2) is 0 Å². The molecule has 0 aromatic heterocycles. The van der Waals surface area contributed by atoms with E-state index >= 15 is 0 Å². The van der Waals surface area contributed by atoms with Crippen molar-refractivity contribution in [2.24, 2.45) is 11.1 Å². The quantitative estimate of drug-likeness (QED) is 0.782. The molecule has 3 nitrogen and oxygen atoms in total. The second-order valence-electron chi connectivity index (χ2n) is 6.44. The zero-order valence-electron chi connectivity index (χ0n) is 11.1. The third-order valence-corrected chi connectivity index (χ3v) is 4.25. The fourth-order valence-corrected chi connectivity index (χ4v) is 3.08. The molecule has 0 spiro atoms. The summed E-state index contributed by atoms with van der Waals surface area (Å²) in [7, 11) is 0. The van der Waals surface area contributed by atoms with Crippen molar-refractivity contribution in [3.63, 3.8) is 0 Å². The van der Waals surface area contributed by atoms with Gasteiger partial charge in [0.25, 0.3) is 0 Å². The fourth-order valence-electron chi connectivity index (χ4n) is 3.08. The molecule has 0 saturated carbocycles. The summed E-state index contributed by atoms with van der Waals surface area (Å²) in [6.07, 6.45) is 2.79. The molecule has 16 heavy (non-hydrogen) atoms. The van der Waals surface area contributed by atoms with Crippen LogP contribution in [0.25, 0.3) is 0 Å². The Hall–Kier alpha value is -0.120. The number of rotatable bonds is 3. The van der Waals surface area contributed by atoms with E-state index in [-0.39, 0.29) is 5.41 Å². The molecule has 2 saturated heterocycles.